The van der Waals surface area contributed by atoms with Gasteiger partial charge < -0.3 is 10.1 Å². The monoisotopic (exact) mass is 253 g/mol. The fourth-order valence-corrected chi connectivity index (χ4v) is 2.21. The first-order valence-electron chi connectivity index (χ1n) is 5.79. The van der Waals surface area contributed by atoms with Crippen molar-refractivity contribution in [3.63, 3.8) is 0 Å². The van der Waals surface area contributed by atoms with Crippen LogP contribution >= 0.6 is 11.6 Å². The van der Waals surface area contributed by atoms with Crippen molar-refractivity contribution in [3.8, 4) is 0 Å². The van der Waals surface area contributed by atoms with Crippen molar-refractivity contribution in [3.05, 3.63) is 35.9 Å². The van der Waals surface area contributed by atoms with Gasteiger partial charge in [0, 0.05) is 5.88 Å². The molecule has 0 unspecified atom stereocenters. The Labute approximate surface area is 106 Å². The Balaban J connectivity index is 1.78. The summed E-state index contributed by atoms with van der Waals surface area (Å²) in [7, 11) is 0. The molecule has 1 N–H and O–H groups in total. The zero-order valence-electron chi connectivity index (χ0n) is 9.62. The summed E-state index contributed by atoms with van der Waals surface area (Å²) in [6.07, 6.45) is 2.62. The summed E-state index contributed by atoms with van der Waals surface area (Å²) in [6.45, 7) is 0.297. The third-order valence-corrected chi connectivity index (χ3v) is 3.66. The number of alkyl carbamates (subject to hydrolysis) is 1. The van der Waals surface area contributed by atoms with Crippen LogP contribution in [0.25, 0.3) is 0 Å². The van der Waals surface area contributed by atoms with Gasteiger partial charge in [-0.3, -0.25) is 0 Å². The minimum absolute atomic E-state index is 0.227. The number of halogens is 1. The Kier molecular flexibility index (Phi) is 3.89. The Morgan fingerprint density at radius 3 is 2.59 bits per heavy atom. The maximum atomic E-state index is 11.6. The summed E-state index contributed by atoms with van der Waals surface area (Å²) < 4.78 is 5.15. The molecule has 0 aliphatic heterocycles. The van der Waals surface area contributed by atoms with Crippen LogP contribution in [-0.4, -0.2) is 17.5 Å². The molecular weight excluding hydrogens is 238 g/mol. The fraction of sp³-hybridized carbons (Fsp3) is 0.462. The van der Waals surface area contributed by atoms with Gasteiger partial charge in [-0.1, -0.05) is 30.3 Å². The molecule has 17 heavy (non-hydrogen) atoms. The summed E-state index contributed by atoms with van der Waals surface area (Å²) in [5, 5.41) is 2.86. The highest BCUT2D eigenvalue weighted by Crippen LogP contribution is 2.32. The van der Waals surface area contributed by atoms with E-state index in [1.807, 2.05) is 30.3 Å². The largest absolute Gasteiger partial charge is 0.445 e. The van der Waals surface area contributed by atoms with Gasteiger partial charge in [0.15, 0.2) is 0 Å². The Hall–Kier alpha value is -1.22. The SMILES string of the molecule is O=C(NC1(CCl)CCC1)OCc1ccccc1. The highest BCUT2D eigenvalue weighted by molar-refractivity contribution is 6.18. The van der Waals surface area contributed by atoms with Gasteiger partial charge in [0.25, 0.3) is 0 Å². The standard InChI is InChI=1S/C13H16ClNO2/c14-10-13(7-4-8-13)15-12(16)17-9-11-5-2-1-3-6-11/h1-3,5-6H,4,7-10H2,(H,15,16). The van der Waals surface area contributed by atoms with Gasteiger partial charge in [-0.2, -0.15) is 0 Å². The van der Waals surface area contributed by atoms with E-state index < -0.39 is 0 Å². The molecule has 0 spiro atoms. The molecular formula is C13H16ClNO2. The van der Waals surface area contributed by atoms with Crippen molar-refractivity contribution in [1.82, 2.24) is 5.32 Å². The van der Waals surface area contributed by atoms with Gasteiger partial charge in [0.1, 0.15) is 6.61 Å². The molecule has 3 nitrogen and oxygen atoms in total. The van der Waals surface area contributed by atoms with E-state index in [1.165, 1.54) is 0 Å². The van der Waals surface area contributed by atoms with Crippen LogP contribution in [0.15, 0.2) is 30.3 Å². The van der Waals surface area contributed by atoms with Gasteiger partial charge in [-0.15, -0.1) is 11.6 Å². The minimum Gasteiger partial charge on any atom is -0.445 e. The van der Waals surface area contributed by atoms with E-state index in [2.05, 4.69) is 5.32 Å². The van der Waals surface area contributed by atoms with Crippen molar-refractivity contribution >= 4 is 17.7 Å². The van der Waals surface area contributed by atoms with Crippen LogP contribution in [0.1, 0.15) is 24.8 Å². The average molecular weight is 254 g/mol. The van der Waals surface area contributed by atoms with Crippen molar-refractivity contribution in [2.75, 3.05) is 5.88 Å². The van der Waals surface area contributed by atoms with Gasteiger partial charge in [-0.25, -0.2) is 4.79 Å². The summed E-state index contributed by atoms with van der Waals surface area (Å²) >= 11 is 5.85. The van der Waals surface area contributed by atoms with Gasteiger partial charge >= 0.3 is 6.09 Å². The highest BCUT2D eigenvalue weighted by atomic mass is 35.5. The van der Waals surface area contributed by atoms with E-state index in [-0.39, 0.29) is 11.6 Å². The second-order valence-electron chi connectivity index (χ2n) is 4.45. The molecule has 1 amide bonds. The molecule has 0 radical (unpaired) electrons. The Bertz CT molecular complexity index is 371. The lowest BCUT2D eigenvalue weighted by Crippen LogP contribution is -2.55. The van der Waals surface area contributed by atoms with Crippen LogP contribution in [-0.2, 0) is 11.3 Å². The summed E-state index contributed by atoms with van der Waals surface area (Å²) in [6, 6.07) is 9.62. The summed E-state index contributed by atoms with van der Waals surface area (Å²) in [5.74, 6) is 0.452. The number of amides is 1. The quantitative estimate of drug-likeness (QED) is 0.838. The van der Waals surface area contributed by atoms with Crippen molar-refractivity contribution in [2.24, 2.45) is 0 Å². The fourth-order valence-electron chi connectivity index (χ4n) is 1.87. The molecule has 2 rings (SSSR count). The molecule has 1 aliphatic rings. The first-order chi connectivity index (χ1) is 8.24. The van der Waals surface area contributed by atoms with Crippen LogP contribution in [0.3, 0.4) is 0 Å². The molecule has 0 atom stereocenters. The third-order valence-electron chi connectivity index (χ3n) is 3.15. The van der Waals surface area contributed by atoms with Gasteiger partial charge in [-0.05, 0) is 24.8 Å². The van der Waals surface area contributed by atoms with Crippen molar-refractivity contribution in [2.45, 2.75) is 31.4 Å². The topological polar surface area (TPSA) is 38.3 Å². The van der Waals surface area contributed by atoms with Gasteiger partial charge in [0.05, 0.1) is 5.54 Å². The van der Waals surface area contributed by atoms with Crippen molar-refractivity contribution in [1.29, 1.82) is 0 Å². The lowest BCUT2D eigenvalue weighted by atomic mass is 9.78. The van der Waals surface area contributed by atoms with Crippen LogP contribution < -0.4 is 5.32 Å². The Morgan fingerprint density at radius 2 is 2.06 bits per heavy atom. The number of benzene rings is 1. The number of nitrogens with one attached hydrogen (secondary N) is 1. The molecule has 1 fully saturated rings. The zero-order valence-corrected chi connectivity index (χ0v) is 10.4. The van der Waals surface area contributed by atoms with E-state index >= 15 is 0 Å². The normalized spacial score (nSPS) is 17.0. The molecule has 0 heterocycles. The van der Waals surface area contributed by atoms with Crippen molar-refractivity contribution < 1.29 is 9.53 Å². The van der Waals surface area contributed by atoms with E-state index in [9.17, 15) is 4.79 Å². The second-order valence-corrected chi connectivity index (χ2v) is 4.72. The average Bonchev–Trinajstić information content (AvgIpc) is 2.33. The van der Waals surface area contributed by atoms with Crippen LogP contribution in [0, 0.1) is 0 Å². The third kappa shape index (κ3) is 3.13. The lowest BCUT2D eigenvalue weighted by Gasteiger charge is -2.40. The smallest absolute Gasteiger partial charge is 0.407 e. The number of rotatable bonds is 4. The molecule has 1 saturated carbocycles. The number of ether oxygens (including phenoxy) is 1. The maximum absolute atomic E-state index is 11.6. The van der Waals surface area contributed by atoms with Gasteiger partial charge in [0.2, 0.25) is 0 Å². The number of alkyl halides is 1. The van der Waals surface area contributed by atoms with E-state index in [0.717, 1.165) is 24.8 Å². The molecule has 1 aliphatic carbocycles. The van der Waals surface area contributed by atoms with Crippen LogP contribution in [0.4, 0.5) is 4.79 Å². The molecule has 0 aromatic heterocycles. The lowest BCUT2D eigenvalue weighted by molar-refractivity contribution is 0.113. The number of hydrogen-bond donors (Lipinski definition) is 1. The predicted octanol–water partition coefficient (Wildman–Crippen LogP) is 3.07. The first kappa shape index (κ1) is 12.2. The second kappa shape index (κ2) is 5.41. The van der Waals surface area contributed by atoms with E-state index in [4.69, 9.17) is 16.3 Å². The molecule has 92 valence electrons. The van der Waals surface area contributed by atoms with Crippen LogP contribution in [0.2, 0.25) is 0 Å². The molecule has 0 saturated heterocycles. The maximum Gasteiger partial charge on any atom is 0.407 e. The predicted molar refractivity (Wildman–Crippen MR) is 67.1 cm³/mol. The molecule has 0 bridgehead atoms. The van der Waals surface area contributed by atoms with Crippen LogP contribution in [0.5, 0.6) is 0 Å². The summed E-state index contributed by atoms with van der Waals surface area (Å²) in [4.78, 5) is 11.6. The van der Waals surface area contributed by atoms with E-state index in [0.29, 0.717) is 12.5 Å². The molecule has 4 heteroatoms. The van der Waals surface area contributed by atoms with E-state index in [1.54, 1.807) is 0 Å². The Morgan fingerprint density at radius 1 is 1.35 bits per heavy atom. The minimum atomic E-state index is -0.380. The number of carbonyl (C=O) groups is 1. The number of carbonyl (C=O) groups excluding carboxylic acids is 1. The highest BCUT2D eigenvalue weighted by Gasteiger charge is 2.37. The number of hydrogen-bond acceptors (Lipinski definition) is 2. The first-order valence-corrected chi connectivity index (χ1v) is 6.32. The zero-order chi connectivity index (χ0) is 12.1. The molecule has 1 aromatic rings. The molecule has 1 aromatic carbocycles. The summed E-state index contributed by atoms with van der Waals surface area (Å²) in [5.41, 5.74) is 0.756.